The molecule has 10 heteroatoms. The Morgan fingerprint density at radius 3 is 1.58 bits per heavy atom. The maximum absolute atomic E-state index is 14.3. The fourth-order valence-corrected chi connectivity index (χ4v) is 3.16. The monoisotopic (exact) mass is 474 g/mol. The van der Waals surface area contributed by atoms with Crippen LogP contribution in [0.15, 0.2) is 40.0 Å². The molecule has 1 saturated carbocycles. The van der Waals surface area contributed by atoms with E-state index in [0.717, 1.165) is 0 Å². The quantitative estimate of drug-likeness (QED) is 0.383. The van der Waals surface area contributed by atoms with Crippen LogP contribution in [0.2, 0.25) is 0 Å². The predicted octanol–water partition coefficient (Wildman–Crippen LogP) is 5.81. The third-order valence-corrected chi connectivity index (χ3v) is 4.36. The lowest BCUT2D eigenvalue weighted by molar-refractivity contribution is -0.303. The van der Waals surface area contributed by atoms with Crippen molar-refractivity contribution >= 4 is 22.6 Å². The molecule has 0 N–H and O–H groups in total. The van der Waals surface area contributed by atoms with Crippen LogP contribution in [0.5, 0.6) is 0 Å². The highest BCUT2D eigenvalue weighted by molar-refractivity contribution is 14.1. The van der Waals surface area contributed by atoms with Crippen LogP contribution in [0.25, 0.3) is 0 Å². The van der Waals surface area contributed by atoms with Crippen LogP contribution in [0.4, 0.5) is 39.5 Å². The molecule has 1 fully saturated rings. The van der Waals surface area contributed by atoms with Crippen molar-refractivity contribution in [1.82, 2.24) is 0 Å². The molecule has 0 radical (unpaired) electrons. The minimum absolute atomic E-state index is 0.365. The molecule has 2 rings (SSSR count). The molecular formula is C14H8F9I. The summed E-state index contributed by atoms with van der Waals surface area (Å²) in [7, 11) is 0. The third kappa shape index (κ3) is 2.27. The van der Waals surface area contributed by atoms with E-state index in [4.69, 9.17) is 0 Å². The Hall–Kier alpha value is -0.940. The third-order valence-electron chi connectivity index (χ3n) is 3.67. The Balaban J connectivity index is 2.52. The molecule has 0 bridgehead atoms. The van der Waals surface area contributed by atoms with E-state index >= 15 is 0 Å². The summed E-state index contributed by atoms with van der Waals surface area (Å²) >= 11 is 1.17. The highest BCUT2D eigenvalue weighted by Gasteiger charge is 3.00. The van der Waals surface area contributed by atoms with Crippen molar-refractivity contribution in [1.29, 1.82) is 0 Å². The van der Waals surface area contributed by atoms with E-state index in [1.54, 1.807) is 6.07 Å². The summed E-state index contributed by atoms with van der Waals surface area (Å²) in [4.78, 5) is 0. The molecule has 24 heavy (non-hydrogen) atoms. The zero-order valence-corrected chi connectivity index (χ0v) is 13.6. The van der Waals surface area contributed by atoms with Crippen LogP contribution in [-0.4, -0.2) is 29.4 Å². The van der Waals surface area contributed by atoms with Crippen molar-refractivity contribution in [2.75, 3.05) is 0 Å². The average molecular weight is 474 g/mol. The molecule has 0 atom stereocenters. The fraction of sp³-hybridized carbons (Fsp3) is 0.429. The van der Waals surface area contributed by atoms with Gasteiger partial charge >= 0.3 is 23.7 Å². The lowest BCUT2D eigenvalue weighted by Gasteiger charge is -2.28. The molecule has 0 aromatic heterocycles. The minimum atomic E-state index is -6.54. The smallest absolute Gasteiger partial charge is 0.225 e. The summed E-state index contributed by atoms with van der Waals surface area (Å²) in [6.07, 6.45) is -0.897. The van der Waals surface area contributed by atoms with E-state index in [2.05, 4.69) is 0 Å². The zero-order chi connectivity index (χ0) is 18.6. The zero-order valence-electron chi connectivity index (χ0n) is 11.5. The number of halogens is 10. The van der Waals surface area contributed by atoms with Gasteiger partial charge < -0.3 is 0 Å². The van der Waals surface area contributed by atoms with Gasteiger partial charge in [-0.05, 0) is 37.8 Å². The first-order valence-electron chi connectivity index (χ1n) is 6.33. The molecule has 0 heterocycles. The van der Waals surface area contributed by atoms with Gasteiger partial charge in [-0.3, -0.25) is 0 Å². The van der Waals surface area contributed by atoms with Gasteiger partial charge in [0.2, 0.25) is 0 Å². The van der Waals surface area contributed by atoms with Crippen molar-refractivity contribution in [3.05, 3.63) is 45.6 Å². The second-order valence-corrected chi connectivity index (χ2v) is 6.65. The number of rotatable bonds is 3. The molecule has 0 spiro atoms. The second-order valence-electron chi connectivity index (χ2n) is 5.26. The molecule has 1 aliphatic carbocycles. The van der Waals surface area contributed by atoms with Gasteiger partial charge in [0, 0.05) is 6.42 Å². The van der Waals surface area contributed by atoms with Crippen molar-refractivity contribution in [2.45, 2.75) is 35.8 Å². The number of alkyl halides is 9. The molecule has 1 aromatic rings. The topological polar surface area (TPSA) is 0 Å². The van der Waals surface area contributed by atoms with Crippen molar-refractivity contribution < 1.29 is 39.5 Å². The van der Waals surface area contributed by atoms with Gasteiger partial charge in [-0.1, -0.05) is 30.3 Å². The normalized spacial score (nSPS) is 26.3. The van der Waals surface area contributed by atoms with E-state index in [1.165, 1.54) is 46.9 Å². The van der Waals surface area contributed by atoms with Gasteiger partial charge in [0.25, 0.3) is 5.67 Å². The van der Waals surface area contributed by atoms with E-state index < -0.39 is 39.0 Å². The van der Waals surface area contributed by atoms with Gasteiger partial charge in [-0.25, -0.2) is 4.39 Å². The van der Waals surface area contributed by atoms with Gasteiger partial charge in [0.05, 0.1) is 0 Å². The van der Waals surface area contributed by atoms with Crippen molar-refractivity contribution in [3.63, 3.8) is 0 Å². The SMILES string of the molecule is FC1(F)C(F)(F)C(F)(F)C(F)(C=C(I)Cc2ccccc2)C1(F)F. The molecule has 0 unspecified atom stereocenters. The van der Waals surface area contributed by atoms with E-state index in [1.807, 2.05) is 0 Å². The molecule has 0 aliphatic heterocycles. The van der Waals surface area contributed by atoms with Crippen LogP contribution in [-0.2, 0) is 6.42 Å². The predicted molar refractivity (Wildman–Crippen MR) is 75.9 cm³/mol. The van der Waals surface area contributed by atoms with Gasteiger partial charge in [0.15, 0.2) is 0 Å². The Labute approximate surface area is 143 Å². The maximum Gasteiger partial charge on any atom is 0.382 e. The molecular weight excluding hydrogens is 466 g/mol. The standard InChI is InChI=1S/C14H8F9I/c15-10(7-9(24)6-8-4-2-1-3-5-8)11(16,17)13(20,21)14(22,23)12(10,18)19/h1-5,7H,6H2. The summed E-state index contributed by atoms with van der Waals surface area (Å²) in [6.45, 7) is 0. The summed E-state index contributed by atoms with van der Waals surface area (Å²) in [5, 5.41) is 0. The number of benzene rings is 1. The Morgan fingerprint density at radius 1 is 0.750 bits per heavy atom. The van der Waals surface area contributed by atoms with Crippen molar-refractivity contribution in [3.8, 4) is 0 Å². The molecule has 0 amide bonds. The Bertz CT molecular complexity index is 625. The first kappa shape index (κ1) is 19.4. The largest absolute Gasteiger partial charge is 0.382 e. The first-order chi connectivity index (χ1) is 10.7. The molecule has 1 aromatic carbocycles. The summed E-state index contributed by atoms with van der Waals surface area (Å²) in [6, 6.07) is 7.46. The number of hydrogen-bond acceptors (Lipinski definition) is 0. The summed E-state index contributed by atoms with van der Waals surface area (Å²) in [5.74, 6) is -25.7. The Kier molecular flexibility index (Phi) is 4.47. The molecule has 0 saturated heterocycles. The lowest BCUT2D eigenvalue weighted by Crippen LogP contribution is -2.53. The maximum atomic E-state index is 14.3. The molecule has 1 aliphatic rings. The van der Waals surface area contributed by atoms with E-state index in [9.17, 15) is 39.5 Å². The molecule has 134 valence electrons. The van der Waals surface area contributed by atoms with Crippen molar-refractivity contribution in [2.24, 2.45) is 0 Å². The average Bonchev–Trinajstić information content (AvgIpc) is 2.50. The lowest BCUT2D eigenvalue weighted by atomic mass is 9.95. The van der Waals surface area contributed by atoms with Crippen LogP contribution in [0.3, 0.4) is 0 Å². The van der Waals surface area contributed by atoms with Gasteiger partial charge in [0.1, 0.15) is 0 Å². The van der Waals surface area contributed by atoms with Crippen LogP contribution in [0.1, 0.15) is 5.56 Å². The number of allylic oxidation sites excluding steroid dienone is 2. The van der Waals surface area contributed by atoms with Crippen LogP contribution in [0, 0.1) is 0 Å². The highest BCUT2D eigenvalue weighted by Crippen LogP contribution is 2.69. The van der Waals surface area contributed by atoms with Crippen LogP contribution >= 0.6 is 22.6 Å². The number of hydrogen-bond donors (Lipinski definition) is 0. The summed E-state index contributed by atoms with van der Waals surface area (Å²) < 4.78 is 120. The second kappa shape index (κ2) is 5.53. The Morgan fingerprint density at radius 2 is 1.17 bits per heavy atom. The van der Waals surface area contributed by atoms with E-state index in [0.29, 0.717) is 5.56 Å². The van der Waals surface area contributed by atoms with E-state index in [-0.39, 0.29) is 6.42 Å². The highest BCUT2D eigenvalue weighted by atomic mass is 127. The minimum Gasteiger partial charge on any atom is -0.225 e. The summed E-state index contributed by atoms with van der Waals surface area (Å²) in [5.41, 5.74) is -5.16. The van der Waals surface area contributed by atoms with Gasteiger partial charge in [-0.2, -0.15) is 35.1 Å². The molecule has 0 nitrogen and oxygen atoms in total. The fourth-order valence-electron chi connectivity index (χ4n) is 2.29. The first-order valence-corrected chi connectivity index (χ1v) is 7.41. The van der Waals surface area contributed by atoms with Crippen LogP contribution < -0.4 is 0 Å². The van der Waals surface area contributed by atoms with Gasteiger partial charge in [-0.15, -0.1) is 0 Å².